The number of rotatable bonds is 3. The Morgan fingerprint density at radius 3 is 2.50 bits per heavy atom. The van der Waals surface area contributed by atoms with E-state index in [4.69, 9.17) is 5.11 Å². The van der Waals surface area contributed by atoms with E-state index in [1.165, 1.54) is 10.9 Å². The number of halogens is 2. The SMILES string of the molecule is OC(c1cn(-c2ccccc2)nn1)C(F)F. The molecule has 2 rings (SSSR count). The fourth-order valence-electron chi connectivity index (χ4n) is 1.25. The van der Waals surface area contributed by atoms with Gasteiger partial charge in [0.15, 0.2) is 6.10 Å². The first kappa shape index (κ1) is 10.7. The summed E-state index contributed by atoms with van der Waals surface area (Å²) in [4.78, 5) is 0. The number of nitrogens with zero attached hydrogens (tertiary/aromatic N) is 3. The maximum absolute atomic E-state index is 12.2. The smallest absolute Gasteiger partial charge is 0.269 e. The van der Waals surface area contributed by atoms with Gasteiger partial charge in [0.1, 0.15) is 5.69 Å². The van der Waals surface area contributed by atoms with Crippen LogP contribution in [0.4, 0.5) is 8.78 Å². The van der Waals surface area contributed by atoms with Gasteiger partial charge in [-0.15, -0.1) is 5.10 Å². The van der Waals surface area contributed by atoms with Crippen LogP contribution in [0.5, 0.6) is 0 Å². The predicted octanol–water partition coefficient (Wildman–Crippen LogP) is 1.57. The zero-order valence-corrected chi connectivity index (χ0v) is 8.16. The van der Waals surface area contributed by atoms with Gasteiger partial charge in [-0.05, 0) is 12.1 Å². The fraction of sp³-hybridized carbons (Fsp3) is 0.200. The molecule has 6 heteroatoms. The quantitative estimate of drug-likeness (QED) is 0.862. The van der Waals surface area contributed by atoms with Gasteiger partial charge in [-0.3, -0.25) is 0 Å². The molecular formula is C10H9F2N3O. The van der Waals surface area contributed by atoms with Gasteiger partial charge in [-0.2, -0.15) is 0 Å². The van der Waals surface area contributed by atoms with Crippen LogP contribution < -0.4 is 0 Å². The van der Waals surface area contributed by atoms with Crippen molar-refractivity contribution in [2.45, 2.75) is 12.5 Å². The number of aliphatic hydroxyl groups excluding tert-OH is 1. The summed E-state index contributed by atoms with van der Waals surface area (Å²) in [5.74, 6) is 0. The highest BCUT2D eigenvalue weighted by atomic mass is 19.3. The number of alkyl halides is 2. The van der Waals surface area contributed by atoms with E-state index in [0.29, 0.717) is 5.69 Å². The normalized spacial score (nSPS) is 13.0. The second-order valence-electron chi connectivity index (χ2n) is 3.20. The molecule has 0 bridgehead atoms. The lowest BCUT2D eigenvalue weighted by Crippen LogP contribution is -2.08. The molecule has 1 unspecified atom stereocenters. The Kier molecular flexibility index (Phi) is 2.91. The minimum Gasteiger partial charge on any atom is -0.381 e. The number of aromatic nitrogens is 3. The monoisotopic (exact) mass is 225 g/mol. The molecular weight excluding hydrogens is 216 g/mol. The van der Waals surface area contributed by atoms with E-state index in [2.05, 4.69) is 10.3 Å². The molecule has 0 aliphatic carbocycles. The van der Waals surface area contributed by atoms with Gasteiger partial charge in [-0.25, -0.2) is 13.5 Å². The summed E-state index contributed by atoms with van der Waals surface area (Å²) in [6.45, 7) is 0. The Morgan fingerprint density at radius 1 is 1.19 bits per heavy atom. The number of benzene rings is 1. The summed E-state index contributed by atoms with van der Waals surface area (Å²) < 4.78 is 25.7. The topological polar surface area (TPSA) is 50.9 Å². The van der Waals surface area contributed by atoms with Crippen molar-refractivity contribution in [2.75, 3.05) is 0 Å². The van der Waals surface area contributed by atoms with Crippen molar-refractivity contribution in [1.82, 2.24) is 15.0 Å². The van der Waals surface area contributed by atoms with Gasteiger partial charge in [-0.1, -0.05) is 23.4 Å². The van der Waals surface area contributed by atoms with Crippen molar-refractivity contribution in [3.05, 3.63) is 42.2 Å². The Morgan fingerprint density at radius 2 is 1.88 bits per heavy atom. The van der Waals surface area contributed by atoms with Crippen molar-refractivity contribution in [1.29, 1.82) is 0 Å². The van der Waals surface area contributed by atoms with Gasteiger partial charge >= 0.3 is 0 Å². The number of para-hydroxylation sites is 1. The van der Waals surface area contributed by atoms with Crippen molar-refractivity contribution in [2.24, 2.45) is 0 Å². The van der Waals surface area contributed by atoms with Gasteiger partial charge in [0.05, 0.1) is 11.9 Å². The lowest BCUT2D eigenvalue weighted by molar-refractivity contribution is -0.00826. The van der Waals surface area contributed by atoms with Gasteiger partial charge in [0.25, 0.3) is 6.43 Å². The molecule has 0 fully saturated rings. The van der Waals surface area contributed by atoms with Crippen LogP contribution in [0.3, 0.4) is 0 Å². The molecule has 1 heterocycles. The minimum atomic E-state index is -2.86. The third-order valence-corrected chi connectivity index (χ3v) is 2.07. The molecule has 1 aromatic carbocycles. The minimum absolute atomic E-state index is 0.140. The first-order valence-electron chi connectivity index (χ1n) is 4.62. The van der Waals surface area contributed by atoms with Crippen molar-refractivity contribution in [3.8, 4) is 5.69 Å². The van der Waals surface area contributed by atoms with Crippen LogP contribution in [-0.2, 0) is 0 Å². The van der Waals surface area contributed by atoms with E-state index < -0.39 is 12.5 Å². The lowest BCUT2D eigenvalue weighted by atomic mass is 10.3. The summed E-state index contributed by atoms with van der Waals surface area (Å²) in [7, 11) is 0. The van der Waals surface area contributed by atoms with Crippen LogP contribution in [0.15, 0.2) is 36.5 Å². The molecule has 0 aliphatic heterocycles. The van der Waals surface area contributed by atoms with E-state index in [1.54, 1.807) is 24.3 Å². The second kappa shape index (κ2) is 4.36. The number of aliphatic hydroxyl groups is 1. The fourth-order valence-corrected chi connectivity index (χ4v) is 1.25. The van der Waals surface area contributed by atoms with Gasteiger partial charge in [0.2, 0.25) is 0 Å². The number of hydrogen-bond acceptors (Lipinski definition) is 3. The molecule has 0 amide bonds. The Balaban J connectivity index is 2.27. The largest absolute Gasteiger partial charge is 0.381 e. The molecule has 84 valence electrons. The Labute approximate surface area is 90.1 Å². The second-order valence-corrected chi connectivity index (χ2v) is 3.20. The third-order valence-electron chi connectivity index (χ3n) is 2.07. The summed E-state index contributed by atoms with van der Waals surface area (Å²) in [5.41, 5.74) is 0.557. The summed E-state index contributed by atoms with van der Waals surface area (Å²) in [6, 6.07) is 8.93. The van der Waals surface area contributed by atoms with E-state index in [0.717, 1.165) is 0 Å². The van der Waals surface area contributed by atoms with E-state index >= 15 is 0 Å². The molecule has 0 saturated carbocycles. The van der Waals surface area contributed by atoms with E-state index in [-0.39, 0.29) is 5.69 Å². The van der Waals surface area contributed by atoms with Crippen LogP contribution >= 0.6 is 0 Å². The highest BCUT2D eigenvalue weighted by Crippen LogP contribution is 2.18. The van der Waals surface area contributed by atoms with Gasteiger partial charge < -0.3 is 5.11 Å². The first-order valence-corrected chi connectivity index (χ1v) is 4.62. The zero-order valence-electron chi connectivity index (χ0n) is 8.16. The summed E-state index contributed by atoms with van der Waals surface area (Å²) in [5, 5.41) is 16.3. The highest BCUT2D eigenvalue weighted by Gasteiger charge is 2.22. The van der Waals surface area contributed by atoms with Crippen LogP contribution in [-0.4, -0.2) is 26.5 Å². The standard InChI is InChI=1S/C10H9F2N3O/c11-10(12)9(16)8-6-15(14-13-8)7-4-2-1-3-5-7/h1-6,9-10,16H. The third kappa shape index (κ3) is 2.06. The van der Waals surface area contributed by atoms with Crippen LogP contribution in [0.2, 0.25) is 0 Å². The molecule has 0 saturated heterocycles. The van der Waals surface area contributed by atoms with E-state index in [1.807, 2.05) is 6.07 Å². The molecule has 0 spiro atoms. The molecule has 0 aliphatic rings. The number of hydrogen-bond donors (Lipinski definition) is 1. The lowest BCUT2D eigenvalue weighted by Gasteiger charge is -2.03. The Bertz CT molecular complexity index is 458. The molecule has 16 heavy (non-hydrogen) atoms. The average molecular weight is 225 g/mol. The predicted molar refractivity (Wildman–Crippen MR) is 52.3 cm³/mol. The molecule has 4 nitrogen and oxygen atoms in total. The van der Waals surface area contributed by atoms with Crippen LogP contribution in [0, 0.1) is 0 Å². The van der Waals surface area contributed by atoms with Crippen molar-refractivity contribution in [3.63, 3.8) is 0 Å². The zero-order chi connectivity index (χ0) is 11.5. The van der Waals surface area contributed by atoms with E-state index in [9.17, 15) is 8.78 Å². The van der Waals surface area contributed by atoms with Crippen molar-refractivity contribution < 1.29 is 13.9 Å². The van der Waals surface area contributed by atoms with Crippen molar-refractivity contribution >= 4 is 0 Å². The van der Waals surface area contributed by atoms with Gasteiger partial charge in [0, 0.05) is 0 Å². The highest BCUT2D eigenvalue weighted by molar-refractivity contribution is 5.30. The molecule has 0 radical (unpaired) electrons. The van der Waals surface area contributed by atoms with Crippen LogP contribution in [0.25, 0.3) is 5.69 Å². The maximum atomic E-state index is 12.2. The Hall–Kier alpha value is -1.82. The molecule has 2 aromatic rings. The molecule has 1 N–H and O–H groups in total. The molecule has 1 aromatic heterocycles. The first-order chi connectivity index (χ1) is 7.68. The average Bonchev–Trinajstić information content (AvgIpc) is 2.78. The summed E-state index contributed by atoms with van der Waals surface area (Å²) >= 11 is 0. The van der Waals surface area contributed by atoms with Crippen LogP contribution in [0.1, 0.15) is 11.8 Å². The molecule has 1 atom stereocenters. The summed E-state index contributed by atoms with van der Waals surface area (Å²) in [6.07, 6.45) is -3.47. The maximum Gasteiger partial charge on any atom is 0.269 e.